The van der Waals surface area contributed by atoms with E-state index in [1.807, 2.05) is 0 Å². The topological polar surface area (TPSA) is 20.3 Å². The van der Waals surface area contributed by atoms with Crippen LogP contribution in [0.25, 0.3) is 0 Å². The maximum atomic E-state index is 10.5. The van der Waals surface area contributed by atoms with Crippen molar-refractivity contribution in [1.82, 2.24) is 4.90 Å². The summed E-state index contributed by atoms with van der Waals surface area (Å²) in [7, 11) is 0. The normalized spacial score (nSPS) is 30.2. The number of hydrogen-bond acceptors (Lipinski definition) is 2. The van der Waals surface area contributed by atoms with Gasteiger partial charge in [0.1, 0.15) is 0 Å². The summed E-state index contributed by atoms with van der Waals surface area (Å²) in [6.45, 7) is 1.90. The van der Waals surface area contributed by atoms with Crippen molar-refractivity contribution in [2.75, 3.05) is 13.1 Å². The molecular formula is C6H12ClNO. The largest absolute Gasteiger partial charge is 0.296 e. The number of halogens is 1. The van der Waals surface area contributed by atoms with E-state index in [1.165, 1.54) is 0 Å². The van der Waals surface area contributed by atoms with Crippen LogP contribution in [0.4, 0.5) is 0 Å². The second-order valence-corrected chi connectivity index (χ2v) is 2.24. The van der Waals surface area contributed by atoms with E-state index in [-0.39, 0.29) is 19.8 Å². The molecule has 0 saturated carbocycles. The van der Waals surface area contributed by atoms with Crippen LogP contribution in [0.3, 0.4) is 0 Å². The first kappa shape index (κ1) is 8.92. The predicted octanol–water partition coefficient (Wildman–Crippen LogP) is 0.701. The Balaban J connectivity index is 0.000000320. The fourth-order valence-electron chi connectivity index (χ4n) is 1.19. The van der Waals surface area contributed by atoms with Crippen molar-refractivity contribution in [3.05, 3.63) is 0 Å². The second-order valence-electron chi connectivity index (χ2n) is 2.24. The highest BCUT2D eigenvalue weighted by atomic mass is 35.5. The van der Waals surface area contributed by atoms with Gasteiger partial charge >= 0.3 is 0 Å². The fourth-order valence-corrected chi connectivity index (χ4v) is 1.19. The third kappa shape index (κ3) is 0.970. The van der Waals surface area contributed by atoms with Crippen LogP contribution in [-0.2, 0) is 4.79 Å². The molecule has 2 aliphatic rings. The van der Waals surface area contributed by atoms with Crippen LogP contribution in [0.5, 0.6) is 0 Å². The Morgan fingerprint density at radius 2 is 2.22 bits per heavy atom. The SMILES string of the molecule is C.Cl.O=C1CN2CCC12. The Hall–Kier alpha value is -0.0800. The van der Waals surface area contributed by atoms with Crippen molar-refractivity contribution in [1.29, 1.82) is 0 Å². The van der Waals surface area contributed by atoms with Crippen molar-refractivity contribution in [3.63, 3.8) is 0 Å². The Kier molecular flexibility index (Phi) is 2.65. The van der Waals surface area contributed by atoms with E-state index in [2.05, 4.69) is 4.90 Å². The van der Waals surface area contributed by atoms with Crippen LogP contribution < -0.4 is 0 Å². The van der Waals surface area contributed by atoms with Gasteiger partial charge in [-0.3, -0.25) is 9.69 Å². The molecule has 2 aliphatic heterocycles. The van der Waals surface area contributed by atoms with Gasteiger partial charge in [0.25, 0.3) is 0 Å². The van der Waals surface area contributed by atoms with E-state index in [9.17, 15) is 4.79 Å². The maximum absolute atomic E-state index is 10.5. The quantitative estimate of drug-likeness (QED) is 0.506. The van der Waals surface area contributed by atoms with E-state index >= 15 is 0 Å². The minimum Gasteiger partial charge on any atom is -0.296 e. The number of fused-ring (bicyclic) bond motifs is 1. The Morgan fingerprint density at radius 1 is 1.56 bits per heavy atom. The smallest absolute Gasteiger partial charge is 0.163 e. The van der Waals surface area contributed by atoms with E-state index in [4.69, 9.17) is 0 Å². The molecule has 0 aromatic carbocycles. The van der Waals surface area contributed by atoms with Gasteiger partial charge in [0.15, 0.2) is 5.78 Å². The van der Waals surface area contributed by atoms with Crippen molar-refractivity contribution >= 4 is 18.2 Å². The number of ketones is 1. The van der Waals surface area contributed by atoms with E-state index in [1.54, 1.807) is 0 Å². The first-order valence-electron chi connectivity index (χ1n) is 2.65. The average molecular weight is 150 g/mol. The van der Waals surface area contributed by atoms with Gasteiger partial charge in [-0.1, -0.05) is 7.43 Å². The molecule has 2 rings (SSSR count). The predicted molar refractivity (Wildman–Crippen MR) is 39.0 cm³/mol. The van der Waals surface area contributed by atoms with Gasteiger partial charge in [-0.05, 0) is 6.42 Å². The standard InChI is InChI=1S/C5H7NO.CH4.ClH/c7-5-3-6-2-1-4(5)6;;/h4H,1-3H2;1H4;1H. The Bertz CT molecular complexity index is 126. The van der Waals surface area contributed by atoms with E-state index < -0.39 is 0 Å². The highest BCUT2D eigenvalue weighted by molar-refractivity contribution is 5.92. The molecule has 0 radical (unpaired) electrons. The molecule has 0 amide bonds. The number of carbonyl (C=O) groups excluding carboxylic acids is 1. The van der Waals surface area contributed by atoms with E-state index in [0.29, 0.717) is 11.8 Å². The number of piperidine rings is 1. The lowest BCUT2D eigenvalue weighted by Crippen LogP contribution is -2.65. The molecule has 1 atom stereocenters. The van der Waals surface area contributed by atoms with Gasteiger partial charge in [0.05, 0.1) is 12.6 Å². The Labute approximate surface area is 61.6 Å². The van der Waals surface area contributed by atoms with E-state index in [0.717, 1.165) is 19.5 Å². The molecule has 0 aromatic heterocycles. The highest BCUT2D eigenvalue weighted by Gasteiger charge is 2.43. The summed E-state index contributed by atoms with van der Waals surface area (Å²) in [6.07, 6.45) is 1.12. The van der Waals surface area contributed by atoms with Crippen molar-refractivity contribution < 1.29 is 4.79 Å². The highest BCUT2D eigenvalue weighted by Crippen LogP contribution is 2.25. The first-order chi connectivity index (χ1) is 3.38. The lowest BCUT2D eigenvalue weighted by atomic mass is 9.89. The van der Waals surface area contributed by atoms with Crippen LogP contribution in [-0.4, -0.2) is 29.8 Å². The molecule has 0 aromatic rings. The monoisotopic (exact) mass is 149 g/mol. The number of nitrogens with zero attached hydrogens (tertiary/aromatic N) is 1. The summed E-state index contributed by atoms with van der Waals surface area (Å²) in [5, 5.41) is 0. The van der Waals surface area contributed by atoms with Gasteiger partial charge in [-0.2, -0.15) is 0 Å². The third-order valence-corrected chi connectivity index (χ3v) is 1.86. The van der Waals surface area contributed by atoms with Crippen LogP contribution in [0.1, 0.15) is 13.8 Å². The van der Waals surface area contributed by atoms with Crippen LogP contribution in [0, 0.1) is 0 Å². The molecule has 2 fully saturated rings. The molecule has 54 valence electrons. The summed E-state index contributed by atoms with van der Waals surface area (Å²) < 4.78 is 0. The Morgan fingerprint density at radius 3 is 2.22 bits per heavy atom. The third-order valence-electron chi connectivity index (χ3n) is 1.86. The maximum Gasteiger partial charge on any atom is 0.163 e. The molecule has 1 unspecified atom stereocenters. The molecular weight excluding hydrogens is 138 g/mol. The fraction of sp³-hybridized carbons (Fsp3) is 0.833. The zero-order valence-electron chi connectivity index (χ0n) is 4.46. The molecule has 0 N–H and O–H groups in total. The summed E-state index contributed by atoms with van der Waals surface area (Å²) in [5.41, 5.74) is 0. The number of carbonyl (C=O) groups is 1. The number of rotatable bonds is 0. The summed E-state index contributed by atoms with van der Waals surface area (Å²) >= 11 is 0. The van der Waals surface area contributed by atoms with Gasteiger partial charge in [-0.15, -0.1) is 12.4 Å². The molecule has 2 saturated heterocycles. The lowest BCUT2D eigenvalue weighted by molar-refractivity contribution is -0.145. The molecule has 0 bridgehead atoms. The van der Waals surface area contributed by atoms with Crippen molar-refractivity contribution in [2.24, 2.45) is 0 Å². The van der Waals surface area contributed by atoms with Crippen LogP contribution >= 0.6 is 12.4 Å². The van der Waals surface area contributed by atoms with Crippen molar-refractivity contribution in [3.8, 4) is 0 Å². The van der Waals surface area contributed by atoms with Gasteiger partial charge in [0, 0.05) is 6.54 Å². The molecule has 3 heteroatoms. The molecule has 2 nitrogen and oxygen atoms in total. The minimum absolute atomic E-state index is 0. The van der Waals surface area contributed by atoms with Crippen LogP contribution in [0.15, 0.2) is 0 Å². The molecule has 9 heavy (non-hydrogen) atoms. The summed E-state index contributed by atoms with van der Waals surface area (Å²) in [6, 6.07) is 0.375. The molecule has 0 aliphatic carbocycles. The van der Waals surface area contributed by atoms with Gasteiger partial charge in [-0.25, -0.2) is 0 Å². The number of Topliss-reactive ketones (excluding diaryl/α,β-unsaturated/α-hetero) is 1. The van der Waals surface area contributed by atoms with Crippen molar-refractivity contribution in [2.45, 2.75) is 19.9 Å². The van der Waals surface area contributed by atoms with Gasteiger partial charge in [0.2, 0.25) is 0 Å². The molecule has 2 heterocycles. The summed E-state index contributed by atoms with van der Waals surface area (Å²) in [4.78, 5) is 12.6. The average Bonchev–Trinajstić information content (AvgIpc) is 1.59. The van der Waals surface area contributed by atoms with Crippen LogP contribution in [0.2, 0.25) is 0 Å². The lowest BCUT2D eigenvalue weighted by Gasteiger charge is -2.48. The summed E-state index contributed by atoms with van der Waals surface area (Å²) in [5.74, 6) is 0.450. The zero-order valence-corrected chi connectivity index (χ0v) is 5.28. The zero-order chi connectivity index (χ0) is 4.85. The van der Waals surface area contributed by atoms with Gasteiger partial charge < -0.3 is 0 Å². The second kappa shape index (κ2) is 2.67. The first-order valence-corrected chi connectivity index (χ1v) is 2.65. The molecule has 0 spiro atoms. The number of hydrogen-bond donors (Lipinski definition) is 0. The minimum atomic E-state index is 0.